The van der Waals surface area contributed by atoms with Crippen LogP contribution in [-0.2, 0) is 26.1 Å². The van der Waals surface area contributed by atoms with Crippen molar-refractivity contribution in [2.45, 2.75) is 33.0 Å². The Kier molecular flexibility index (Phi) is 8.39. The van der Waals surface area contributed by atoms with Gasteiger partial charge in [0.15, 0.2) is 5.69 Å². The Morgan fingerprint density at radius 2 is 1.67 bits per heavy atom. The van der Waals surface area contributed by atoms with Crippen LogP contribution in [0.3, 0.4) is 0 Å². The molecule has 3 aromatic carbocycles. The van der Waals surface area contributed by atoms with Crippen LogP contribution < -0.4 is 4.74 Å². The highest BCUT2D eigenvalue weighted by Gasteiger charge is 2.19. The number of oxazole rings is 1. The van der Waals surface area contributed by atoms with Crippen LogP contribution in [-0.4, -0.2) is 45.9 Å². The maximum atomic E-state index is 13.0. The maximum Gasteiger partial charge on any atom is 0.275 e. The predicted molar refractivity (Wildman–Crippen MR) is 152 cm³/mol. The molecule has 200 valence electrons. The highest BCUT2D eigenvalue weighted by Crippen LogP contribution is 2.20. The lowest BCUT2D eigenvalue weighted by atomic mass is 10.1. The molecular formula is C32H34N4O3. The van der Waals surface area contributed by atoms with Crippen molar-refractivity contribution in [2.75, 3.05) is 20.2 Å². The summed E-state index contributed by atoms with van der Waals surface area (Å²) in [6, 6.07) is 26.4. The molecule has 7 nitrogen and oxygen atoms in total. The van der Waals surface area contributed by atoms with E-state index >= 15 is 0 Å². The van der Waals surface area contributed by atoms with Crippen molar-refractivity contribution in [1.82, 2.24) is 19.8 Å². The molecule has 0 bridgehead atoms. The van der Waals surface area contributed by atoms with Crippen molar-refractivity contribution >= 4 is 16.8 Å². The molecule has 0 saturated heterocycles. The van der Waals surface area contributed by atoms with Gasteiger partial charge in [0, 0.05) is 43.8 Å². The number of hydrogen-bond acceptors (Lipinski definition) is 5. The molecule has 1 amide bonds. The first-order valence-electron chi connectivity index (χ1n) is 13.3. The van der Waals surface area contributed by atoms with Gasteiger partial charge in [0.1, 0.15) is 12.0 Å². The number of fused-ring (bicyclic) bond motifs is 1. The van der Waals surface area contributed by atoms with E-state index in [9.17, 15) is 4.79 Å². The molecule has 1 N–H and O–H groups in total. The van der Waals surface area contributed by atoms with E-state index in [1.165, 1.54) is 22.8 Å². The molecule has 2 heterocycles. The standard InChI is InChI=1S/C32H34N4O3/c1-3-38-27-15-13-25(14-16-27)21-36(18-17-26-19-33-29-12-8-7-11-28(26)29)22-31-34-30(23-39-31)32(37)35(2)20-24-9-5-4-6-10-24/h4-16,19,23,33H,3,17-18,20-22H2,1-2H3. The van der Waals surface area contributed by atoms with Gasteiger partial charge < -0.3 is 19.0 Å². The first kappa shape index (κ1) is 26.3. The second-order valence-corrected chi connectivity index (χ2v) is 9.67. The zero-order chi connectivity index (χ0) is 27.0. The highest BCUT2D eigenvalue weighted by atomic mass is 16.5. The van der Waals surface area contributed by atoms with Gasteiger partial charge in [-0.25, -0.2) is 4.98 Å². The van der Waals surface area contributed by atoms with Crippen LogP contribution in [0.1, 0.15) is 40.0 Å². The van der Waals surface area contributed by atoms with Crippen molar-refractivity contribution in [3.63, 3.8) is 0 Å². The van der Waals surface area contributed by atoms with Crippen LogP contribution in [0.15, 0.2) is 95.7 Å². The van der Waals surface area contributed by atoms with Crippen LogP contribution in [0.25, 0.3) is 10.9 Å². The molecule has 7 heteroatoms. The summed E-state index contributed by atoms with van der Waals surface area (Å²) in [4.78, 5) is 24.9. The molecule has 0 radical (unpaired) electrons. The summed E-state index contributed by atoms with van der Waals surface area (Å²) in [6.45, 7) is 5.14. The lowest BCUT2D eigenvalue weighted by Crippen LogP contribution is -2.27. The van der Waals surface area contributed by atoms with E-state index in [0.29, 0.717) is 37.8 Å². The van der Waals surface area contributed by atoms with Crippen LogP contribution >= 0.6 is 0 Å². The zero-order valence-corrected chi connectivity index (χ0v) is 22.5. The number of para-hydroxylation sites is 1. The number of nitrogens with one attached hydrogen (secondary N) is 1. The number of carbonyl (C=O) groups excluding carboxylic acids is 1. The lowest BCUT2D eigenvalue weighted by Gasteiger charge is -2.21. The lowest BCUT2D eigenvalue weighted by molar-refractivity contribution is 0.0779. The van der Waals surface area contributed by atoms with Crippen LogP contribution in [0.2, 0.25) is 0 Å². The number of hydrogen-bond donors (Lipinski definition) is 1. The summed E-state index contributed by atoms with van der Waals surface area (Å²) in [6.07, 6.45) is 4.42. The normalized spacial score (nSPS) is 11.3. The van der Waals surface area contributed by atoms with E-state index in [2.05, 4.69) is 51.4 Å². The molecule has 0 saturated carbocycles. The topological polar surface area (TPSA) is 74.6 Å². The fourth-order valence-electron chi connectivity index (χ4n) is 4.74. The zero-order valence-electron chi connectivity index (χ0n) is 22.5. The second kappa shape index (κ2) is 12.5. The minimum Gasteiger partial charge on any atom is -0.494 e. The van der Waals surface area contributed by atoms with Crippen molar-refractivity contribution in [3.8, 4) is 5.75 Å². The van der Waals surface area contributed by atoms with Gasteiger partial charge in [-0.1, -0.05) is 60.7 Å². The van der Waals surface area contributed by atoms with Gasteiger partial charge in [-0.2, -0.15) is 0 Å². The maximum absolute atomic E-state index is 13.0. The molecule has 0 aliphatic carbocycles. The number of ether oxygens (including phenoxy) is 1. The third kappa shape index (κ3) is 6.75. The van der Waals surface area contributed by atoms with Gasteiger partial charge in [-0.15, -0.1) is 0 Å². The molecule has 5 rings (SSSR count). The molecule has 5 aromatic rings. The van der Waals surface area contributed by atoms with E-state index in [1.54, 1.807) is 11.9 Å². The summed E-state index contributed by atoms with van der Waals surface area (Å²) in [5.74, 6) is 1.23. The number of nitrogens with zero attached hydrogens (tertiary/aromatic N) is 3. The Morgan fingerprint density at radius 1 is 0.923 bits per heavy atom. The number of H-pyrrole nitrogens is 1. The number of aromatic nitrogens is 2. The summed E-state index contributed by atoms with van der Waals surface area (Å²) in [5, 5.41) is 1.24. The number of aromatic amines is 1. The molecule has 0 fully saturated rings. The Morgan fingerprint density at radius 3 is 2.46 bits per heavy atom. The third-order valence-corrected chi connectivity index (χ3v) is 6.75. The van der Waals surface area contributed by atoms with E-state index in [4.69, 9.17) is 9.15 Å². The SMILES string of the molecule is CCOc1ccc(CN(CCc2c[nH]c3ccccc23)Cc2nc(C(=O)N(C)Cc3ccccc3)co2)cc1. The second-order valence-electron chi connectivity index (χ2n) is 9.67. The van der Waals surface area contributed by atoms with Crippen molar-refractivity contribution in [2.24, 2.45) is 0 Å². The average molecular weight is 523 g/mol. The summed E-state index contributed by atoms with van der Waals surface area (Å²) in [7, 11) is 1.78. The molecule has 39 heavy (non-hydrogen) atoms. The summed E-state index contributed by atoms with van der Waals surface area (Å²) >= 11 is 0. The quantitative estimate of drug-likeness (QED) is 0.215. The van der Waals surface area contributed by atoms with E-state index < -0.39 is 0 Å². The smallest absolute Gasteiger partial charge is 0.275 e. The highest BCUT2D eigenvalue weighted by molar-refractivity contribution is 5.91. The fraction of sp³-hybridized carbons (Fsp3) is 0.250. The molecule has 2 aromatic heterocycles. The Balaban J connectivity index is 1.28. The number of amides is 1. The molecule has 0 unspecified atom stereocenters. The minimum atomic E-state index is -0.161. The van der Waals surface area contributed by atoms with E-state index in [0.717, 1.165) is 29.8 Å². The third-order valence-electron chi connectivity index (χ3n) is 6.75. The molecular weight excluding hydrogens is 488 g/mol. The Bertz CT molecular complexity index is 1490. The van der Waals surface area contributed by atoms with Gasteiger partial charge in [-0.3, -0.25) is 9.69 Å². The van der Waals surface area contributed by atoms with Gasteiger partial charge in [0.2, 0.25) is 5.89 Å². The molecule has 0 aliphatic rings. The minimum absolute atomic E-state index is 0.161. The van der Waals surface area contributed by atoms with Crippen molar-refractivity contribution in [1.29, 1.82) is 0 Å². The first-order valence-corrected chi connectivity index (χ1v) is 13.3. The predicted octanol–water partition coefficient (Wildman–Crippen LogP) is 6.07. The number of benzene rings is 3. The average Bonchev–Trinajstić information content (AvgIpc) is 3.60. The molecule has 0 spiro atoms. The Labute approximate surface area is 229 Å². The Hall–Kier alpha value is -4.36. The number of rotatable bonds is 12. The van der Waals surface area contributed by atoms with Crippen LogP contribution in [0, 0.1) is 0 Å². The molecule has 0 aliphatic heterocycles. The van der Waals surface area contributed by atoms with Crippen LogP contribution in [0.4, 0.5) is 0 Å². The van der Waals surface area contributed by atoms with Gasteiger partial charge in [0.05, 0.1) is 13.2 Å². The van der Waals surface area contributed by atoms with Gasteiger partial charge in [0.25, 0.3) is 5.91 Å². The number of carbonyl (C=O) groups is 1. The van der Waals surface area contributed by atoms with Gasteiger partial charge >= 0.3 is 0 Å². The molecule has 0 atom stereocenters. The van der Waals surface area contributed by atoms with Gasteiger partial charge in [-0.05, 0) is 48.2 Å². The summed E-state index contributed by atoms with van der Waals surface area (Å²) in [5.41, 5.74) is 4.97. The van der Waals surface area contributed by atoms with E-state index in [-0.39, 0.29) is 5.91 Å². The van der Waals surface area contributed by atoms with Crippen LogP contribution in [0.5, 0.6) is 5.75 Å². The van der Waals surface area contributed by atoms with Crippen molar-refractivity contribution < 1.29 is 13.9 Å². The van der Waals surface area contributed by atoms with Crippen molar-refractivity contribution in [3.05, 3.63) is 120 Å². The summed E-state index contributed by atoms with van der Waals surface area (Å²) < 4.78 is 11.4. The monoisotopic (exact) mass is 522 g/mol. The first-order chi connectivity index (χ1) is 19.1. The largest absolute Gasteiger partial charge is 0.494 e. The van der Waals surface area contributed by atoms with E-state index in [1.807, 2.05) is 55.5 Å². The fourth-order valence-corrected chi connectivity index (χ4v) is 4.74.